The van der Waals surface area contributed by atoms with Crippen molar-refractivity contribution in [1.29, 1.82) is 0 Å². The molecule has 0 amide bonds. The number of anilines is 1. The zero-order valence-electron chi connectivity index (χ0n) is 10.3. The molecule has 0 aliphatic heterocycles. The van der Waals surface area contributed by atoms with E-state index in [-0.39, 0.29) is 5.41 Å². The van der Waals surface area contributed by atoms with E-state index in [9.17, 15) is 0 Å². The van der Waals surface area contributed by atoms with Crippen molar-refractivity contribution in [3.05, 3.63) is 17.5 Å². The van der Waals surface area contributed by atoms with Crippen molar-refractivity contribution in [3.63, 3.8) is 0 Å². The Balaban J connectivity index is 2.61. The van der Waals surface area contributed by atoms with Crippen molar-refractivity contribution in [2.24, 2.45) is 16.3 Å². The number of aromatic nitrogens is 2. The highest BCUT2D eigenvalue weighted by atomic mass is 15.0. The van der Waals surface area contributed by atoms with Gasteiger partial charge in [-0.05, 0) is 17.4 Å². The van der Waals surface area contributed by atoms with Crippen LogP contribution >= 0.6 is 0 Å². The highest BCUT2D eigenvalue weighted by molar-refractivity contribution is 6.03. The van der Waals surface area contributed by atoms with Gasteiger partial charge in [-0.2, -0.15) is 0 Å². The van der Waals surface area contributed by atoms with Gasteiger partial charge in [-0.1, -0.05) is 20.8 Å². The molecular formula is C12H18N4. The number of nitrogen functional groups attached to an aromatic ring is 1. The first kappa shape index (κ1) is 11.0. The lowest BCUT2D eigenvalue weighted by atomic mass is 9.68. The highest BCUT2D eigenvalue weighted by Crippen LogP contribution is 2.38. The minimum absolute atomic E-state index is 0.196. The van der Waals surface area contributed by atoms with E-state index in [2.05, 4.69) is 35.7 Å². The summed E-state index contributed by atoms with van der Waals surface area (Å²) in [5.41, 5.74) is 8.96. The van der Waals surface area contributed by atoms with E-state index in [1.807, 2.05) is 13.2 Å². The Hall–Kier alpha value is -1.45. The molecule has 0 spiro atoms. The number of rotatable bonds is 0. The van der Waals surface area contributed by atoms with Gasteiger partial charge in [0.1, 0.15) is 0 Å². The molecule has 86 valence electrons. The minimum Gasteiger partial charge on any atom is -0.368 e. The van der Waals surface area contributed by atoms with E-state index in [0.717, 1.165) is 23.4 Å². The molecule has 0 saturated carbocycles. The Kier molecular flexibility index (Phi) is 2.45. The Bertz CT molecular complexity index is 448. The van der Waals surface area contributed by atoms with Gasteiger partial charge in [0, 0.05) is 19.2 Å². The molecule has 16 heavy (non-hydrogen) atoms. The number of nitrogens with two attached hydrogens (primary N) is 1. The topological polar surface area (TPSA) is 64.2 Å². The van der Waals surface area contributed by atoms with Crippen molar-refractivity contribution in [3.8, 4) is 0 Å². The Morgan fingerprint density at radius 1 is 1.50 bits per heavy atom. The number of hydrogen-bond acceptors (Lipinski definition) is 4. The zero-order chi connectivity index (χ0) is 11.9. The van der Waals surface area contributed by atoms with Gasteiger partial charge in [-0.15, -0.1) is 0 Å². The molecule has 2 N–H and O–H groups in total. The number of hydrogen-bond donors (Lipinski definition) is 1. The second-order valence-corrected chi connectivity index (χ2v) is 5.10. The monoisotopic (exact) mass is 218 g/mol. The van der Waals surface area contributed by atoms with Crippen LogP contribution < -0.4 is 5.73 Å². The summed E-state index contributed by atoms with van der Waals surface area (Å²) in [6, 6.07) is 0. The van der Waals surface area contributed by atoms with Crippen LogP contribution in [0, 0.1) is 11.3 Å². The second-order valence-electron chi connectivity index (χ2n) is 5.10. The van der Waals surface area contributed by atoms with Crippen LogP contribution in [0.2, 0.25) is 0 Å². The lowest BCUT2D eigenvalue weighted by Crippen LogP contribution is -2.37. The number of aliphatic imine (C=N–C) groups is 1. The Morgan fingerprint density at radius 3 is 2.81 bits per heavy atom. The Labute approximate surface area is 96.0 Å². The van der Waals surface area contributed by atoms with Gasteiger partial charge in [-0.3, -0.25) is 4.99 Å². The van der Waals surface area contributed by atoms with Crippen molar-refractivity contribution in [1.82, 2.24) is 9.97 Å². The van der Waals surface area contributed by atoms with Gasteiger partial charge in [0.25, 0.3) is 0 Å². The summed E-state index contributed by atoms with van der Waals surface area (Å²) in [5.74, 6) is 0.714. The van der Waals surface area contributed by atoms with E-state index >= 15 is 0 Å². The summed E-state index contributed by atoms with van der Waals surface area (Å²) in [4.78, 5) is 12.8. The lowest BCUT2D eigenvalue weighted by molar-refractivity contribution is 0.283. The molecule has 0 radical (unpaired) electrons. The van der Waals surface area contributed by atoms with Crippen LogP contribution in [-0.4, -0.2) is 22.7 Å². The third-order valence-electron chi connectivity index (χ3n) is 3.60. The van der Waals surface area contributed by atoms with Gasteiger partial charge in [-0.25, -0.2) is 9.97 Å². The summed E-state index contributed by atoms with van der Waals surface area (Å²) in [6.07, 6.45) is 2.80. The molecule has 1 unspecified atom stereocenters. The second kappa shape index (κ2) is 3.54. The maximum atomic E-state index is 5.63. The predicted molar refractivity (Wildman–Crippen MR) is 65.6 cm³/mol. The first-order chi connectivity index (χ1) is 7.45. The van der Waals surface area contributed by atoms with E-state index in [1.54, 1.807) is 0 Å². The zero-order valence-corrected chi connectivity index (χ0v) is 10.3. The van der Waals surface area contributed by atoms with E-state index in [0.29, 0.717) is 11.9 Å². The average molecular weight is 218 g/mol. The van der Waals surface area contributed by atoms with Crippen molar-refractivity contribution < 1.29 is 0 Å². The van der Waals surface area contributed by atoms with Crippen molar-refractivity contribution in [2.75, 3.05) is 12.8 Å². The van der Waals surface area contributed by atoms with E-state index < -0.39 is 0 Å². The molecule has 0 aromatic carbocycles. The summed E-state index contributed by atoms with van der Waals surface area (Å²) in [7, 11) is 1.81. The fourth-order valence-electron chi connectivity index (χ4n) is 2.29. The fraction of sp³-hybridized carbons (Fsp3) is 0.583. The molecule has 0 bridgehead atoms. The maximum absolute atomic E-state index is 5.63. The Morgan fingerprint density at radius 2 is 2.19 bits per heavy atom. The van der Waals surface area contributed by atoms with Crippen LogP contribution in [0.15, 0.2) is 11.2 Å². The molecule has 1 aliphatic carbocycles. The van der Waals surface area contributed by atoms with Crippen LogP contribution in [0.1, 0.15) is 32.0 Å². The highest BCUT2D eigenvalue weighted by Gasteiger charge is 2.37. The van der Waals surface area contributed by atoms with Gasteiger partial charge < -0.3 is 5.73 Å². The minimum atomic E-state index is 0.196. The summed E-state index contributed by atoms with van der Waals surface area (Å²) >= 11 is 0. The largest absolute Gasteiger partial charge is 0.368 e. The van der Waals surface area contributed by atoms with E-state index in [4.69, 9.17) is 5.73 Å². The smallest absolute Gasteiger partial charge is 0.220 e. The molecule has 1 atom stereocenters. The molecule has 1 aromatic heterocycles. The molecule has 1 aliphatic rings. The summed E-state index contributed by atoms with van der Waals surface area (Å²) in [6.45, 7) is 6.70. The SMILES string of the molecule is CN=C1c2nc(N)ncc2CC(C)(C)C1C. The van der Waals surface area contributed by atoms with Crippen molar-refractivity contribution >= 4 is 11.7 Å². The van der Waals surface area contributed by atoms with Crippen LogP contribution in [-0.2, 0) is 6.42 Å². The van der Waals surface area contributed by atoms with Crippen LogP contribution in [0.25, 0.3) is 0 Å². The third kappa shape index (κ3) is 1.58. The predicted octanol–water partition coefficient (Wildman–Crippen LogP) is 1.70. The number of fused-ring (bicyclic) bond motifs is 1. The fourth-order valence-corrected chi connectivity index (χ4v) is 2.29. The lowest BCUT2D eigenvalue weighted by Gasteiger charge is -2.37. The van der Waals surface area contributed by atoms with Gasteiger partial charge in [0.15, 0.2) is 0 Å². The normalized spacial score (nSPS) is 25.5. The van der Waals surface area contributed by atoms with Crippen molar-refractivity contribution in [2.45, 2.75) is 27.2 Å². The molecule has 4 nitrogen and oxygen atoms in total. The van der Waals surface area contributed by atoms with E-state index in [1.165, 1.54) is 0 Å². The molecule has 1 heterocycles. The van der Waals surface area contributed by atoms with Gasteiger partial charge >= 0.3 is 0 Å². The number of nitrogens with zero attached hydrogens (tertiary/aromatic N) is 3. The van der Waals surface area contributed by atoms with Crippen LogP contribution in [0.3, 0.4) is 0 Å². The molecule has 2 rings (SSSR count). The maximum Gasteiger partial charge on any atom is 0.220 e. The first-order valence-corrected chi connectivity index (χ1v) is 5.54. The van der Waals surface area contributed by atoms with Gasteiger partial charge in [0.2, 0.25) is 5.95 Å². The quantitative estimate of drug-likeness (QED) is 0.720. The average Bonchev–Trinajstić information content (AvgIpc) is 2.21. The molecule has 4 heteroatoms. The molecular weight excluding hydrogens is 200 g/mol. The first-order valence-electron chi connectivity index (χ1n) is 5.54. The third-order valence-corrected chi connectivity index (χ3v) is 3.60. The summed E-state index contributed by atoms with van der Waals surface area (Å²) < 4.78 is 0. The van der Waals surface area contributed by atoms with Crippen LogP contribution in [0.5, 0.6) is 0 Å². The van der Waals surface area contributed by atoms with Crippen LogP contribution in [0.4, 0.5) is 5.95 Å². The molecule has 1 aromatic rings. The van der Waals surface area contributed by atoms with Gasteiger partial charge in [0.05, 0.1) is 11.4 Å². The molecule has 0 fully saturated rings. The molecule has 0 saturated heterocycles. The summed E-state index contributed by atoms with van der Waals surface area (Å²) in [5, 5.41) is 0. The standard InChI is InChI=1S/C12H18N4/c1-7-9(14-4)10-8(5-12(7,2)3)6-15-11(13)16-10/h6-7H,5H2,1-4H3,(H2,13,15,16).